The van der Waals surface area contributed by atoms with Crippen molar-refractivity contribution in [2.45, 2.75) is 11.8 Å². The first-order valence-corrected chi connectivity index (χ1v) is 10.3. The number of thiazole rings is 1. The molecule has 9 heteroatoms. The number of ether oxygens (including phenoxy) is 2. The van der Waals surface area contributed by atoms with E-state index in [1.807, 2.05) is 18.2 Å². The lowest BCUT2D eigenvalue weighted by Crippen LogP contribution is -2.13. The molecule has 0 aliphatic carbocycles. The van der Waals surface area contributed by atoms with Gasteiger partial charge in [-0.1, -0.05) is 18.2 Å². The van der Waals surface area contributed by atoms with Gasteiger partial charge in [0.2, 0.25) is 0 Å². The van der Waals surface area contributed by atoms with Crippen molar-refractivity contribution < 1.29 is 22.7 Å². The standard InChI is InChI=1S/C18H16N2O5S2/c1-2-24-17(21)16-12-26-18(19-16)20-27(22,23)15-10-8-14(9-11-15)25-13-6-4-3-5-7-13/h3-12H,2H2,1H3,(H,19,20). The SMILES string of the molecule is CCOC(=O)c1csc(NS(=O)(=O)c2ccc(Oc3ccccc3)cc2)n1. The zero-order valence-corrected chi connectivity index (χ0v) is 15.9. The number of rotatable bonds is 7. The molecule has 1 N–H and O–H groups in total. The van der Waals surface area contributed by atoms with Gasteiger partial charge in [0.25, 0.3) is 10.0 Å². The Morgan fingerprint density at radius 3 is 2.41 bits per heavy atom. The number of hydrogen-bond acceptors (Lipinski definition) is 7. The Kier molecular flexibility index (Phi) is 5.72. The number of sulfonamides is 1. The molecular formula is C18H16N2O5S2. The van der Waals surface area contributed by atoms with Crippen LogP contribution in [0.25, 0.3) is 0 Å². The Morgan fingerprint density at radius 1 is 1.07 bits per heavy atom. The molecule has 0 aliphatic heterocycles. The van der Waals surface area contributed by atoms with Crippen LogP contribution >= 0.6 is 11.3 Å². The number of nitrogens with zero attached hydrogens (tertiary/aromatic N) is 1. The molecule has 0 radical (unpaired) electrons. The van der Waals surface area contributed by atoms with Gasteiger partial charge in [0.05, 0.1) is 11.5 Å². The van der Waals surface area contributed by atoms with Crippen molar-refractivity contribution in [1.82, 2.24) is 4.98 Å². The van der Waals surface area contributed by atoms with Crippen LogP contribution < -0.4 is 9.46 Å². The van der Waals surface area contributed by atoms with E-state index in [1.165, 1.54) is 17.5 Å². The molecule has 2 aromatic carbocycles. The third kappa shape index (κ3) is 4.83. The maximum atomic E-state index is 12.5. The van der Waals surface area contributed by atoms with Crippen molar-refractivity contribution in [2.24, 2.45) is 0 Å². The molecule has 0 bridgehead atoms. The summed E-state index contributed by atoms with van der Waals surface area (Å²) in [6, 6.07) is 15.2. The highest BCUT2D eigenvalue weighted by atomic mass is 32.2. The van der Waals surface area contributed by atoms with Gasteiger partial charge in [-0.15, -0.1) is 11.3 Å². The number of anilines is 1. The number of para-hydroxylation sites is 1. The van der Waals surface area contributed by atoms with Gasteiger partial charge in [0.1, 0.15) is 11.5 Å². The summed E-state index contributed by atoms with van der Waals surface area (Å²) < 4.78 is 37.8. The Morgan fingerprint density at radius 2 is 1.74 bits per heavy atom. The number of nitrogens with one attached hydrogen (secondary N) is 1. The maximum absolute atomic E-state index is 12.5. The molecule has 3 rings (SSSR count). The monoisotopic (exact) mass is 404 g/mol. The highest BCUT2D eigenvalue weighted by molar-refractivity contribution is 7.93. The summed E-state index contributed by atoms with van der Waals surface area (Å²) in [6.45, 7) is 1.90. The number of aromatic nitrogens is 1. The fourth-order valence-corrected chi connectivity index (χ4v) is 4.04. The lowest BCUT2D eigenvalue weighted by molar-refractivity contribution is 0.0520. The fraction of sp³-hybridized carbons (Fsp3) is 0.111. The topological polar surface area (TPSA) is 94.6 Å². The summed E-state index contributed by atoms with van der Waals surface area (Å²) in [5, 5.41) is 1.52. The second-order valence-electron chi connectivity index (χ2n) is 5.25. The van der Waals surface area contributed by atoms with E-state index in [0.717, 1.165) is 11.3 Å². The molecule has 0 amide bonds. The van der Waals surface area contributed by atoms with Crippen LogP contribution in [0.2, 0.25) is 0 Å². The summed E-state index contributed by atoms with van der Waals surface area (Å²) in [4.78, 5) is 15.6. The largest absolute Gasteiger partial charge is 0.461 e. The molecule has 1 aromatic heterocycles. The Bertz CT molecular complexity index is 1020. The van der Waals surface area contributed by atoms with Crippen molar-refractivity contribution >= 4 is 32.5 Å². The molecule has 0 spiro atoms. The van der Waals surface area contributed by atoms with Gasteiger partial charge in [0.15, 0.2) is 10.8 Å². The third-order valence-electron chi connectivity index (χ3n) is 3.32. The first-order valence-electron chi connectivity index (χ1n) is 7.96. The molecule has 7 nitrogen and oxygen atoms in total. The quantitative estimate of drug-likeness (QED) is 0.600. The zero-order chi connectivity index (χ0) is 19.3. The van der Waals surface area contributed by atoms with E-state index in [9.17, 15) is 13.2 Å². The summed E-state index contributed by atoms with van der Waals surface area (Å²) in [7, 11) is -3.84. The van der Waals surface area contributed by atoms with E-state index < -0.39 is 16.0 Å². The molecule has 0 unspecified atom stereocenters. The number of benzene rings is 2. The lowest BCUT2D eigenvalue weighted by Gasteiger charge is -2.08. The highest BCUT2D eigenvalue weighted by Crippen LogP contribution is 2.24. The van der Waals surface area contributed by atoms with E-state index in [-0.39, 0.29) is 22.3 Å². The molecule has 0 fully saturated rings. The summed E-state index contributed by atoms with van der Waals surface area (Å²) in [6.07, 6.45) is 0. The van der Waals surface area contributed by atoms with Gasteiger partial charge < -0.3 is 9.47 Å². The van der Waals surface area contributed by atoms with Crippen LogP contribution in [0.15, 0.2) is 64.9 Å². The van der Waals surface area contributed by atoms with Crippen LogP contribution in [-0.4, -0.2) is 26.0 Å². The molecule has 0 saturated heterocycles. The number of carbonyl (C=O) groups is 1. The fourth-order valence-electron chi connectivity index (χ4n) is 2.10. The lowest BCUT2D eigenvalue weighted by atomic mass is 10.3. The normalized spacial score (nSPS) is 11.0. The average Bonchev–Trinajstić information content (AvgIpc) is 3.11. The number of hydrogen-bond donors (Lipinski definition) is 1. The van der Waals surface area contributed by atoms with Gasteiger partial charge in [-0.25, -0.2) is 18.2 Å². The van der Waals surface area contributed by atoms with Crippen LogP contribution in [0.4, 0.5) is 5.13 Å². The second-order valence-corrected chi connectivity index (χ2v) is 7.79. The van der Waals surface area contributed by atoms with Crippen LogP contribution in [0, 0.1) is 0 Å². The minimum atomic E-state index is -3.84. The molecule has 3 aromatic rings. The van der Waals surface area contributed by atoms with Gasteiger partial charge in [0, 0.05) is 5.38 Å². The van der Waals surface area contributed by atoms with Gasteiger partial charge in [-0.05, 0) is 43.3 Å². The van der Waals surface area contributed by atoms with Gasteiger partial charge in [-0.3, -0.25) is 4.72 Å². The molecule has 0 saturated carbocycles. The van der Waals surface area contributed by atoms with Crippen molar-refractivity contribution in [3.63, 3.8) is 0 Å². The Labute approximate surface area is 160 Å². The summed E-state index contributed by atoms with van der Waals surface area (Å²) in [5.41, 5.74) is 0.0613. The zero-order valence-electron chi connectivity index (χ0n) is 14.3. The van der Waals surface area contributed by atoms with Crippen molar-refractivity contribution in [1.29, 1.82) is 0 Å². The Hall–Kier alpha value is -2.91. The van der Waals surface area contributed by atoms with Crippen LogP contribution in [-0.2, 0) is 14.8 Å². The molecule has 27 heavy (non-hydrogen) atoms. The molecule has 140 valence electrons. The van der Waals surface area contributed by atoms with Gasteiger partial charge >= 0.3 is 5.97 Å². The van der Waals surface area contributed by atoms with E-state index in [2.05, 4.69) is 9.71 Å². The average molecular weight is 404 g/mol. The molecule has 0 atom stereocenters. The first-order chi connectivity index (χ1) is 13.0. The summed E-state index contributed by atoms with van der Waals surface area (Å²) in [5.74, 6) is 0.570. The van der Waals surface area contributed by atoms with E-state index in [4.69, 9.17) is 9.47 Å². The van der Waals surface area contributed by atoms with E-state index in [0.29, 0.717) is 11.5 Å². The van der Waals surface area contributed by atoms with Crippen LogP contribution in [0.1, 0.15) is 17.4 Å². The predicted octanol–water partition coefficient (Wildman–Crippen LogP) is 3.91. The van der Waals surface area contributed by atoms with E-state index >= 15 is 0 Å². The van der Waals surface area contributed by atoms with Crippen LogP contribution in [0.3, 0.4) is 0 Å². The Balaban J connectivity index is 1.70. The minimum Gasteiger partial charge on any atom is -0.461 e. The maximum Gasteiger partial charge on any atom is 0.357 e. The molecular weight excluding hydrogens is 388 g/mol. The van der Waals surface area contributed by atoms with Crippen molar-refractivity contribution in [3.05, 3.63) is 65.7 Å². The second kappa shape index (κ2) is 8.19. The van der Waals surface area contributed by atoms with Crippen LogP contribution in [0.5, 0.6) is 11.5 Å². The minimum absolute atomic E-state index is 0.0517. The van der Waals surface area contributed by atoms with Gasteiger partial charge in [-0.2, -0.15) is 0 Å². The molecule has 1 heterocycles. The smallest absolute Gasteiger partial charge is 0.357 e. The van der Waals surface area contributed by atoms with E-state index in [1.54, 1.807) is 31.2 Å². The number of esters is 1. The van der Waals surface area contributed by atoms with Crippen molar-refractivity contribution in [2.75, 3.05) is 11.3 Å². The predicted molar refractivity (Wildman–Crippen MR) is 102 cm³/mol. The van der Waals surface area contributed by atoms with Crippen molar-refractivity contribution in [3.8, 4) is 11.5 Å². The third-order valence-corrected chi connectivity index (χ3v) is 5.57. The first kappa shape index (κ1) is 18.9. The number of carbonyl (C=O) groups excluding carboxylic acids is 1. The summed E-state index contributed by atoms with van der Waals surface area (Å²) >= 11 is 1.00. The molecule has 0 aliphatic rings. The highest BCUT2D eigenvalue weighted by Gasteiger charge is 2.18.